The average Bonchev–Trinajstić information content (AvgIpc) is 3.38. The Morgan fingerprint density at radius 2 is 1.77 bits per heavy atom. The van der Waals surface area contributed by atoms with Crippen molar-refractivity contribution in [2.45, 2.75) is 18.9 Å². The molecule has 2 aromatic rings. The molecule has 0 bridgehead atoms. The molecule has 7 heteroatoms. The Morgan fingerprint density at radius 1 is 1.08 bits per heavy atom. The molecule has 0 heterocycles. The fourth-order valence-corrected chi connectivity index (χ4v) is 3.04. The number of carboxylic acid groups (broad SMARTS) is 1. The van der Waals surface area contributed by atoms with Crippen molar-refractivity contribution in [3.8, 4) is 0 Å². The van der Waals surface area contributed by atoms with Crippen molar-refractivity contribution < 1.29 is 27.9 Å². The predicted molar refractivity (Wildman–Crippen MR) is 86.7 cm³/mol. The fourth-order valence-electron chi connectivity index (χ4n) is 3.04. The van der Waals surface area contributed by atoms with Gasteiger partial charge < -0.3 is 10.0 Å². The van der Waals surface area contributed by atoms with Crippen LogP contribution in [0.4, 0.5) is 13.2 Å². The van der Waals surface area contributed by atoms with Gasteiger partial charge in [-0.15, -0.1) is 0 Å². The summed E-state index contributed by atoms with van der Waals surface area (Å²) < 4.78 is 40.3. The summed E-state index contributed by atoms with van der Waals surface area (Å²) in [5.41, 5.74) is 0.704. The molecule has 26 heavy (non-hydrogen) atoms. The first-order chi connectivity index (χ1) is 12.4. The Labute approximate surface area is 147 Å². The number of benzene rings is 2. The van der Waals surface area contributed by atoms with Crippen LogP contribution in [0.1, 0.15) is 23.5 Å². The lowest BCUT2D eigenvalue weighted by molar-refractivity contribution is -0.145. The van der Waals surface area contributed by atoms with Crippen molar-refractivity contribution in [2.24, 2.45) is 5.92 Å². The molecule has 3 rings (SSSR count). The molecular formula is C19H16F3NO3. The highest BCUT2D eigenvalue weighted by Gasteiger charge is 2.47. The number of nitrogens with zero attached hydrogens (tertiary/aromatic N) is 1. The third-order valence-electron chi connectivity index (χ3n) is 4.41. The van der Waals surface area contributed by atoms with Crippen LogP contribution in [0.15, 0.2) is 42.5 Å². The number of carbonyl (C=O) groups is 2. The van der Waals surface area contributed by atoms with Gasteiger partial charge in [-0.05, 0) is 41.7 Å². The fraction of sp³-hybridized carbons (Fsp3) is 0.263. The normalized spacial score (nSPS) is 18.4. The molecule has 1 N–H and O–H groups in total. The summed E-state index contributed by atoms with van der Waals surface area (Å²) in [6.07, 6.45) is 0.332. The lowest BCUT2D eigenvalue weighted by Crippen LogP contribution is -2.36. The van der Waals surface area contributed by atoms with Crippen molar-refractivity contribution in [3.05, 3.63) is 71.0 Å². The molecule has 2 aromatic carbocycles. The van der Waals surface area contributed by atoms with E-state index in [4.69, 9.17) is 5.11 Å². The molecule has 4 nitrogen and oxygen atoms in total. The van der Waals surface area contributed by atoms with E-state index < -0.39 is 47.7 Å². The maximum absolute atomic E-state index is 13.9. The van der Waals surface area contributed by atoms with Gasteiger partial charge in [-0.3, -0.25) is 9.59 Å². The lowest BCUT2D eigenvalue weighted by Gasteiger charge is -2.21. The minimum atomic E-state index is -1.19. The van der Waals surface area contributed by atoms with Crippen LogP contribution in [0.5, 0.6) is 0 Å². The van der Waals surface area contributed by atoms with Gasteiger partial charge in [-0.1, -0.05) is 24.3 Å². The molecular weight excluding hydrogens is 347 g/mol. The second-order valence-corrected chi connectivity index (χ2v) is 6.31. The lowest BCUT2D eigenvalue weighted by atomic mass is 10.1. The van der Waals surface area contributed by atoms with Crippen LogP contribution in [0.3, 0.4) is 0 Å². The zero-order chi connectivity index (χ0) is 18.8. The van der Waals surface area contributed by atoms with Gasteiger partial charge in [0, 0.05) is 12.5 Å². The SMILES string of the molecule is O=C(O)CN(Cc1ccc(F)cc1)C(=O)C1CC1c1cccc(F)c1F. The molecule has 0 saturated heterocycles. The third kappa shape index (κ3) is 3.87. The molecule has 2 unspecified atom stereocenters. The Bertz CT molecular complexity index is 838. The van der Waals surface area contributed by atoms with Gasteiger partial charge >= 0.3 is 5.97 Å². The van der Waals surface area contributed by atoms with E-state index in [0.717, 1.165) is 11.0 Å². The van der Waals surface area contributed by atoms with E-state index in [1.54, 1.807) is 0 Å². The summed E-state index contributed by atoms with van der Waals surface area (Å²) in [4.78, 5) is 24.9. The predicted octanol–water partition coefficient (Wildman–Crippen LogP) is 3.32. The third-order valence-corrected chi connectivity index (χ3v) is 4.41. The number of aliphatic carboxylic acids is 1. The highest BCUT2D eigenvalue weighted by atomic mass is 19.2. The number of carbonyl (C=O) groups excluding carboxylic acids is 1. The second-order valence-electron chi connectivity index (χ2n) is 6.31. The van der Waals surface area contributed by atoms with E-state index in [2.05, 4.69) is 0 Å². The van der Waals surface area contributed by atoms with Crippen molar-refractivity contribution >= 4 is 11.9 Å². The van der Waals surface area contributed by atoms with Crippen molar-refractivity contribution in [3.63, 3.8) is 0 Å². The molecule has 0 spiro atoms. The van der Waals surface area contributed by atoms with E-state index in [9.17, 15) is 22.8 Å². The highest BCUT2D eigenvalue weighted by Crippen LogP contribution is 2.49. The quantitative estimate of drug-likeness (QED) is 0.857. The van der Waals surface area contributed by atoms with E-state index >= 15 is 0 Å². The van der Waals surface area contributed by atoms with Crippen LogP contribution >= 0.6 is 0 Å². The second kappa shape index (κ2) is 7.19. The van der Waals surface area contributed by atoms with Gasteiger partial charge in [0.2, 0.25) is 5.91 Å². The standard InChI is InChI=1S/C19H16F3NO3/c20-12-6-4-11(5-7-12)9-23(10-17(24)25)19(26)15-8-14(15)13-2-1-3-16(21)18(13)22/h1-7,14-15H,8-10H2,(H,24,25). The van der Waals surface area contributed by atoms with Gasteiger partial charge in [0.1, 0.15) is 12.4 Å². The van der Waals surface area contributed by atoms with Gasteiger partial charge in [-0.2, -0.15) is 0 Å². The first-order valence-electron chi connectivity index (χ1n) is 8.05. The van der Waals surface area contributed by atoms with Crippen LogP contribution in [0.2, 0.25) is 0 Å². The largest absolute Gasteiger partial charge is 0.480 e. The number of rotatable bonds is 6. The molecule has 2 atom stereocenters. The molecule has 0 radical (unpaired) electrons. The number of carboxylic acids is 1. The van der Waals surface area contributed by atoms with Crippen LogP contribution < -0.4 is 0 Å². The Morgan fingerprint density at radius 3 is 2.42 bits per heavy atom. The first kappa shape index (κ1) is 18.0. The number of halogens is 3. The molecule has 0 aliphatic heterocycles. The molecule has 136 valence electrons. The summed E-state index contributed by atoms with van der Waals surface area (Å²) in [7, 11) is 0. The Kier molecular flexibility index (Phi) is 4.97. The molecule has 1 aliphatic carbocycles. The zero-order valence-corrected chi connectivity index (χ0v) is 13.7. The first-order valence-corrected chi connectivity index (χ1v) is 8.05. The van der Waals surface area contributed by atoms with E-state index in [1.165, 1.54) is 36.4 Å². The van der Waals surface area contributed by atoms with Crippen molar-refractivity contribution in [2.75, 3.05) is 6.54 Å². The molecule has 1 saturated carbocycles. The van der Waals surface area contributed by atoms with E-state index in [1.807, 2.05) is 0 Å². The highest BCUT2D eigenvalue weighted by molar-refractivity contribution is 5.86. The summed E-state index contributed by atoms with van der Waals surface area (Å²) in [5.74, 6) is -5.08. The minimum absolute atomic E-state index is 0.000264. The summed E-state index contributed by atoms with van der Waals surface area (Å²) >= 11 is 0. The maximum atomic E-state index is 13.9. The van der Waals surface area contributed by atoms with Crippen LogP contribution in [-0.4, -0.2) is 28.4 Å². The van der Waals surface area contributed by atoms with Gasteiger partial charge in [0.15, 0.2) is 11.6 Å². The summed E-state index contributed by atoms with van der Waals surface area (Å²) in [5, 5.41) is 9.06. The van der Waals surface area contributed by atoms with Gasteiger partial charge in [0.05, 0.1) is 0 Å². The van der Waals surface area contributed by atoms with Crippen LogP contribution in [-0.2, 0) is 16.1 Å². The Hall–Kier alpha value is -2.83. The van der Waals surface area contributed by atoms with Crippen LogP contribution in [0.25, 0.3) is 0 Å². The number of hydrogen-bond donors (Lipinski definition) is 1. The monoisotopic (exact) mass is 363 g/mol. The van der Waals surface area contributed by atoms with Gasteiger partial charge in [-0.25, -0.2) is 13.2 Å². The van der Waals surface area contributed by atoms with Crippen LogP contribution in [0, 0.1) is 23.4 Å². The maximum Gasteiger partial charge on any atom is 0.323 e. The molecule has 0 aromatic heterocycles. The van der Waals surface area contributed by atoms with E-state index in [-0.39, 0.29) is 12.1 Å². The van der Waals surface area contributed by atoms with E-state index in [0.29, 0.717) is 12.0 Å². The molecule has 1 amide bonds. The number of hydrogen-bond acceptors (Lipinski definition) is 2. The van der Waals surface area contributed by atoms with Crippen molar-refractivity contribution in [1.29, 1.82) is 0 Å². The molecule has 1 aliphatic rings. The summed E-state index contributed by atoms with van der Waals surface area (Å²) in [6, 6.07) is 9.19. The van der Waals surface area contributed by atoms with Gasteiger partial charge in [0.25, 0.3) is 0 Å². The molecule has 1 fully saturated rings. The zero-order valence-electron chi connectivity index (χ0n) is 13.7. The smallest absolute Gasteiger partial charge is 0.323 e. The average molecular weight is 363 g/mol. The minimum Gasteiger partial charge on any atom is -0.480 e. The Balaban J connectivity index is 1.75. The topological polar surface area (TPSA) is 57.6 Å². The number of amides is 1. The summed E-state index contributed by atoms with van der Waals surface area (Å²) in [6.45, 7) is -0.522. The van der Waals surface area contributed by atoms with Crippen molar-refractivity contribution in [1.82, 2.24) is 4.90 Å².